The van der Waals surface area contributed by atoms with Gasteiger partial charge in [-0.25, -0.2) is 0 Å². The van der Waals surface area contributed by atoms with Gasteiger partial charge in [-0.1, -0.05) is 53.7 Å². The van der Waals surface area contributed by atoms with Crippen LogP contribution in [0.25, 0.3) is 0 Å². The van der Waals surface area contributed by atoms with Gasteiger partial charge in [-0.05, 0) is 24.3 Å². The molecule has 2 nitrogen and oxygen atoms in total. The molecule has 0 aliphatic heterocycles. The molecule has 0 unspecified atom stereocenters. The number of halogens is 1. The lowest BCUT2D eigenvalue weighted by Gasteiger charge is -2.04. The van der Waals surface area contributed by atoms with Crippen molar-refractivity contribution in [1.29, 1.82) is 5.41 Å². The van der Waals surface area contributed by atoms with Crippen molar-refractivity contribution in [3.63, 3.8) is 0 Å². The Morgan fingerprint density at radius 1 is 1.05 bits per heavy atom. The minimum Gasteiger partial charge on any atom is -0.298 e. The van der Waals surface area contributed by atoms with Crippen molar-refractivity contribution >= 4 is 34.2 Å². The quantitative estimate of drug-likeness (QED) is 0.384. The van der Waals surface area contributed by atoms with Gasteiger partial charge in [0.2, 0.25) is 0 Å². The minimum absolute atomic E-state index is 0.0351. The van der Waals surface area contributed by atoms with Gasteiger partial charge in [0.25, 0.3) is 0 Å². The van der Waals surface area contributed by atoms with Crippen LogP contribution in [0.5, 0.6) is 0 Å². The molecule has 0 saturated carbocycles. The second-order valence-corrected chi connectivity index (χ2v) is 5.55. The second kappa shape index (κ2) is 6.55. The first-order valence-corrected chi connectivity index (χ1v) is 6.93. The van der Waals surface area contributed by atoms with E-state index < -0.39 is 0 Å². The Kier molecular flexibility index (Phi) is 4.77. The van der Waals surface area contributed by atoms with Crippen LogP contribution in [0.2, 0.25) is 5.02 Å². The number of benzene rings is 2. The molecule has 0 atom stereocenters. The Hall–Kier alpha value is -1.58. The van der Waals surface area contributed by atoms with E-state index in [1.54, 1.807) is 24.3 Å². The van der Waals surface area contributed by atoms with E-state index in [1.807, 2.05) is 30.3 Å². The molecule has 2 aromatic carbocycles. The topological polar surface area (TPSA) is 40.9 Å². The lowest BCUT2D eigenvalue weighted by Crippen LogP contribution is -2.04. The molecule has 96 valence electrons. The Labute approximate surface area is 121 Å². The molecule has 0 aliphatic carbocycles. The van der Waals surface area contributed by atoms with E-state index in [2.05, 4.69) is 0 Å². The number of ketones is 1. The van der Waals surface area contributed by atoms with Crippen LogP contribution in [0.15, 0.2) is 59.5 Å². The summed E-state index contributed by atoms with van der Waals surface area (Å²) in [7, 11) is 0. The summed E-state index contributed by atoms with van der Waals surface area (Å²) in [6.07, 6.45) is 0.122. The van der Waals surface area contributed by atoms with Crippen LogP contribution in [0, 0.1) is 5.41 Å². The molecule has 0 bridgehead atoms. The lowest BCUT2D eigenvalue weighted by molar-refractivity contribution is 0.100. The summed E-state index contributed by atoms with van der Waals surface area (Å²) < 4.78 is 0. The van der Waals surface area contributed by atoms with Crippen molar-refractivity contribution < 1.29 is 4.79 Å². The molecule has 4 heteroatoms. The van der Waals surface area contributed by atoms with Crippen LogP contribution in [-0.4, -0.2) is 10.8 Å². The highest BCUT2D eigenvalue weighted by molar-refractivity contribution is 8.13. The molecule has 0 aliphatic rings. The third-order valence-corrected chi connectivity index (χ3v) is 3.62. The molecule has 0 aromatic heterocycles. The summed E-state index contributed by atoms with van der Waals surface area (Å²) in [5.41, 5.74) is 0.643. The maximum absolute atomic E-state index is 11.9. The zero-order valence-electron chi connectivity index (χ0n) is 10.1. The highest BCUT2D eigenvalue weighted by Gasteiger charge is 2.09. The van der Waals surface area contributed by atoms with Crippen LogP contribution < -0.4 is 0 Å². The number of carbonyl (C=O) groups is 1. The van der Waals surface area contributed by atoms with Gasteiger partial charge in [0.1, 0.15) is 0 Å². The Bertz CT molecular complexity index is 581. The molecule has 0 spiro atoms. The van der Waals surface area contributed by atoms with Gasteiger partial charge in [-0.15, -0.1) is 0 Å². The standard InChI is InChI=1S/C15H12ClNOS/c16-12-6-8-13(9-7-12)19-15(17)10-14(18)11-4-2-1-3-5-11/h1-9,17H,10H2. The molecule has 0 radical (unpaired) electrons. The van der Waals surface area contributed by atoms with Crippen molar-refractivity contribution in [2.24, 2.45) is 0 Å². The predicted molar refractivity (Wildman–Crippen MR) is 80.4 cm³/mol. The third kappa shape index (κ3) is 4.23. The van der Waals surface area contributed by atoms with E-state index in [0.29, 0.717) is 15.6 Å². The maximum Gasteiger partial charge on any atom is 0.169 e. The molecule has 19 heavy (non-hydrogen) atoms. The fourth-order valence-electron chi connectivity index (χ4n) is 1.55. The summed E-state index contributed by atoms with van der Waals surface area (Å²) in [5.74, 6) is -0.0351. The monoisotopic (exact) mass is 289 g/mol. The smallest absolute Gasteiger partial charge is 0.169 e. The molecule has 1 N–H and O–H groups in total. The number of rotatable bonds is 4. The van der Waals surface area contributed by atoms with Crippen molar-refractivity contribution in [2.45, 2.75) is 11.3 Å². The maximum atomic E-state index is 11.9. The van der Waals surface area contributed by atoms with Gasteiger partial charge in [0.15, 0.2) is 5.78 Å². The average molecular weight is 290 g/mol. The van der Waals surface area contributed by atoms with Gasteiger partial charge in [-0.3, -0.25) is 10.2 Å². The zero-order chi connectivity index (χ0) is 13.7. The van der Waals surface area contributed by atoms with Gasteiger partial charge >= 0.3 is 0 Å². The Morgan fingerprint density at radius 3 is 2.32 bits per heavy atom. The Balaban J connectivity index is 1.95. The highest BCUT2D eigenvalue weighted by atomic mass is 35.5. The van der Waals surface area contributed by atoms with Crippen molar-refractivity contribution in [3.05, 3.63) is 65.2 Å². The van der Waals surface area contributed by atoms with Crippen molar-refractivity contribution in [1.82, 2.24) is 0 Å². The molecule has 0 heterocycles. The number of hydrogen-bond acceptors (Lipinski definition) is 3. The first kappa shape index (κ1) is 13.8. The molecule has 0 saturated heterocycles. The van der Waals surface area contributed by atoms with Crippen LogP contribution in [0.4, 0.5) is 0 Å². The van der Waals surface area contributed by atoms with E-state index in [9.17, 15) is 4.79 Å². The summed E-state index contributed by atoms with van der Waals surface area (Å²) in [4.78, 5) is 12.8. The average Bonchev–Trinajstić information content (AvgIpc) is 2.42. The van der Waals surface area contributed by atoms with Crippen LogP contribution in [-0.2, 0) is 0 Å². The van der Waals surface area contributed by atoms with E-state index in [1.165, 1.54) is 11.8 Å². The van der Waals surface area contributed by atoms with E-state index in [0.717, 1.165) is 4.90 Å². The largest absolute Gasteiger partial charge is 0.298 e. The molecule has 2 aromatic rings. The van der Waals surface area contributed by atoms with Crippen molar-refractivity contribution in [2.75, 3.05) is 0 Å². The predicted octanol–water partition coefficient (Wildman–Crippen LogP) is 4.68. The minimum atomic E-state index is -0.0351. The summed E-state index contributed by atoms with van der Waals surface area (Å²) in [5, 5.41) is 8.86. The molecular weight excluding hydrogens is 278 g/mol. The highest BCUT2D eigenvalue weighted by Crippen LogP contribution is 2.23. The molecule has 0 fully saturated rings. The second-order valence-electron chi connectivity index (χ2n) is 3.95. The fourth-order valence-corrected chi connectivity index (χ4v) is 2.44. The lowest BCUT2D eigenvalue weighted by atomic mass is 10.1. The number of Topliss-reactive ketones (excluding diaryl/α,β-unsaturated/α-hetero) is 1. The summed E-state index contributed by atoms with van der Waals surface area (Å²) in [6.45, 7) is 0. The van der Waals surface area contributed by atoms with E-state index in [4.69, 9.17) is 17.0 Å². The molecule has 0 amide bonds. The van der Waals surface area contributed by atoms with Crippen LogP contribution >= 0.6 is 23.4 Å². The van der Waals surface area contributed by atoms with Gasteiger partial charge in [0.05, 0.1) is 11.5 Å². The van der Waals surface area contributed by atoms with Crippen molar-refractivity contribution in [3.8, 4) is 0 Å². The van der Waals surface area contributed by atoms with Crippen LogP contribution in [0.1, 0.15) is 16.8 Å². The van der Waals surface area contributed by atoms with E-state index >= 15 is 0 Å². The van der Waals surface area contributed by atoms with Gasteiger partial charge in [0, 0.05) is 15.5 Å². The van der Waals surface area contributed by atoms with Crippen LogP contribution in [0.3, 0.4) is 0 Å². The first-order chi connectivity index (χ1) is 9.15. The molecule has 2 rings (SSSR count). The number of hydrogen-bond donors (Lipinski definition) is 1. The first-order valence-electron chi connectivity index (χ1n) is 5.74. The van der Waals surface area contributed by atoms with Gasteiger partial charge in [-0.2, -0.15) is 0 Å². The number of carbonyl (C=O) groups excluding carboxylic acids is 1. The summed E-state index contributed by atoms with van der Waals surface area (Å²) >= 11 is 7.07. The zero-order valence-corrected chi connectivity index (χ0v) is 11.7. The van der Waals surface area contributed by atoms with E-state index in [-0.39, 0.29) is 12.2 Å². The van der Waals surface area contributed by atoms with Gasteiger partial charge < -0.3 is 0 Å². The normalized spacial score (nSPS) is 10.2. The number of thioether (sulfide) groups is 1. The number of nitrogens with one attached hydrogen (secondary N) is 1. The Morgan fingerprint density at radius 2 is 1.68 bits per heavy atom. The molecular formula is C15H12ClNOS. The fraction of sp³-hybridized carbons (Fsp3) is 0.0667. The third-order valence-electron chi connectivity index (χ3n) is 2.47. The SMILES string of the molecule is N=C(CC(=O)c1ccccc1)Sc1ccc(Cl)cc1. The summed E-state index contributed by atoms with van der Waals surface area (Å²) in [6, 6.07) is 16.3.